The molecule has 0 bridgehead atoms. The average molecular weight is 172 g/mol. The van der Waals surface area contributed by atoms with Gasteiger partial charge in [0.05, 0.1) is 5.56 Å². The van der Waals surface area contributed by atoms with Gasteiger partial charge in [-0.25, -0.2) is 4.39 Å². The summed E-state index contributed by atoms with van der Waals surface area (Å²) in [6, 6.07) is 3.75. The zero-order chi connectivity index (χ0) is 8.43. The minimum Gasteiger partial charge on any atom is -0.505 e. The molecule has 0 saturated heterocycles. The number of hydrogen-bond acceptors (Lipinski definition) is 2. The van der Waals surface area contributed by atoms with E-state index in [9.17, 15) is 4.39 Å². The molecule has 2 nitrogen and oxygen atoms in total. The van der Waals surface area contributed by atoms with Crippen LogP contribution in [0.15, 0.2) is 12.1 Å². The summed E-state index contributed by atoms with van der Waals surface area (Å²) in [4.78, 5) is 0. The van der Waals surface area contributed by atoms with E-state index in [0.717, 1.165) is 12.1 Å². The quantitative estimate of drug-likeness (QED) is 0.649. The number of aromatic hydroxyl groups is 1. The van der Waals surface area contributed by atoms with Crippen LogP contribution < -0.4 is 0 Å². The number of phenols is 1. The van der Waals surface area contributed by atoms with Crippen molar-refractivity contribution < 1.29 is 9.50 Å². The largest absolute Gasteiger partial charge is 0.505 e. The first kappa shape index (κ1) is 7.83. The summed E-state index contributed by atoms with van der Waals surface area (Å²) < 4.78 is 12.7. The Balaban J connectivity index is 3.39. The van der Waals surface area contributed by atoms with Gasteiger partial charge in [0.1, 0.15) is 6.07 Å². The summed E-state index contributed by atoms with van der Waals surface area (Å²) in [5.41, 5.74) is -0.255. The molecule has 0 aromatic heterocycles. The molecule has 0 heterocycles. The summed E-state index contributed by atoms with van der Waals surface area (Å²) in [5, 5.41) is 17.2. The van der Waals surface area contributed by atoms with Crippen LogP contribution in [0.1, 0.15) is 5.56 Å². The topological polar surface area (TPSA) is 44.0 Å². The van der Waals surface area contributed by atoms with E-state index in [0.29, 0.717) is 0 Å². The molecule has 4 heteroatoms. The molecular formula is C7H3ClFNO. The lowest BCUT2D eigenvalue weighted by molar-refractivity contribution is 0.431. The summed E-state index contributed by atoms with van der Waals surface area (Å²) in [7, 11) is 0. The highest BCUT2D eigenvalue weighted by molar-refractivity contribution is 6.30. The Labute approximate surface area is 67.5 Å². The number of phenolic OH excluding ortho intramolecular Hbond substituents is 1. The Morgan fingerprint density at radius 2 is 2.18 bits per heavy atom. The second-order valence-corrected chi connectivity index (χ2v) is 2.33. The van der Waals surface area contributed by atoms with Gasteiger partial charge in [-0.15, -0.1) is 0 Å². The molecule has 0 fully saturated rings. The van der Waals surface area contributed by atoms with Crippen LogP contribution in [0.3, 0.4) is 0 Å². The lowest BCUT2D eigenvalue weighted by Gasteiger charge is -1.96. The highest BCUT2D eigenvalue weighted by Gasteiger charge is 2.07. The normalized spacial score (nSPS) is 9.18. The molecule has 1 aromatic rings. The Bertz CT molecular complexity index is 332. The van der Waals surface area contributed by atoms with E-state index >= 15 is 0 Å². The first-order valence-electron chi connectivity index (χ1n) is 2.73. The van der Waals surface area contributed by atoms with Crippen molar-refractivity contribution in [3.8, 4) is 11.8 Å². The molecule has 0 aliphatic rings. The second kappa shape index (κ2) is 2.77. The molecule has 1 rings (SSSR count). The fraction of sp³-hybridized carbons (Fsp3) is 0. The van der Waals surface area contributed by atoms with Crippen LogP contribution >= 0.6 is 11.6 Å². The Kier molecular flexibility index (Phi) is 1.97. The van der Waals surface area contributed by atoms with Gasteiger partial charge in [0.25, 0.3) is 0 Å². The summed E-state index contributed by atoms with van der Waals surface area (Å²) in [5.74, 6) is -1.54. The van der Waals surface area contributed by atoms with Crippen LogP contribution in [0.25, 0.3) is 0 Å². The van der Waals surface area contributed by atoms with Crippen molar-refractivity contribution in [3.63, 3.8) is 0 Å². The second-order valence-electron chi connectivity index (χ2n) is 1.90. The molecule has 0 amide bonds. The third-order valence-electron chi connectivity index (χ3n) is 1.14. The zero-order valence-corrected chi connectivity index (χ0v) is 6.06. The van der Waals surface area contributed by atoms with Crippen molar-refractivity contribution in [2.24, 2.45) is 0 Å². The van der Waals surface area contributed by atoms with Crippen molar-refractivity contribution in [2.45, 2.75) is 0 Å². The highest BCUT2D eigenvalue weighted by Crippen LogP contribution is 2.23. The molecule has 0 atom stereocenters. The number of nitriles is 1. The van der Waals surface area contributed by atoms with Gasteiger partial charge >= 0.3 is 0 Å². The van der Waals surface area contributed by atoms with Gasteiger partial charge in [0.2, 0.25) is 0 Å². The van der Waals surface area contributed by atoms with E-state index in [1.54, 1.807) is 6.07 Å². The monoisotopic (exact) mass is 171 g/mol. The van der Waals surface area contributed by atoms with E-state index in [1.807, 2.05) is 0 Å². The Hall–Kier alpha value is -1.27. The number of benzene rings is 1. The van der Waals surface area contributed by atoms with E-state index in [2.05, 4.69) is 0 Å². The van der Waals surface area contributed by atoms with Gasteiger partial charge in [-0.3, -0.25) is 0 Å². The molecule has 1 N–H and O–H groups in total. The standard InChI is InChI=1S/C7H3ClFNO/c8-5-1-4(3-10)7(9)6(11)2-5/h1-2,11H. The average Bonchev–Trinajstić information content (AvgIpc) is 1.96. The lowest BCUT2D eigenvalue weighted by atomic mass is 10.2. The van der Waals surface area contributed by atoms with Crippen LogP contribution in [0.5, 0.6) is 5.75 Å². The smallest absolute Gasteiger partial charge is 0.182 e. The molecule has 0 radical (unpaired) electrons. The minimum atomic E-state index is -0.933. The fourth-order valence-corrected chi connectivity index (χ4v) is 0.869. The molecule has 11 heavy (non-hydrogen) atoms. The SMILES string of the molecule is N#Cc1cc(Cl)cc(O)c1F. The maximum absolute atomic E-state index is 12.7. The highest BCUT2D eigenvalue weighted by atomic mass is 35.5. The first-order valence-corrected chi connectivity index (χ1v) is 3.11. The third kappa shape index (κ3) is 1.41. The zero-order valence-electron chi connectivity index (χ0n) is 5.31. The third-order valence-corrected chi connectivity index (χ3v) is 1.36. The van der Waals surface area contributed by atoms with Gasteiger partial charge in [0.15, 0.2) is 11.6 Å². The van der Waals surface area contributed by atoms with Gasteiger partial charge in [-0.2, -0.15) is 5.26 Å². The fourth-order valence-electron chi connectivity index (χ4n) is 0.656. The first-order chi connectivity index (χ1) is 5.15. The molecule has 0 aliphatic carbocycles. The molecule has 1 aromatic carbocycles. The van der Waals surface area contributed by atoms with E-state index in [1.165, 1.54) is 0 Å². The number of halogens is 2. The molecule has 0 unspecified atom stereocenters. The number of rotatable bonds is 0. The van der Waals surface area contributed by atoms with Gasteiger partial charge in [-0.1, -0.05) is 11.6 Å². The van der Waals surface area contributed by atoms with E-state index < -0.39 is 11.6 Å². The van der Waals surface area contributed by atoms with Crippen molar-refractivity contribution in [2.75, 3.05) is 0 Å². The maximum Gasteiger partial charge on any atom is 0.182 e. The predicted molar refractivity (Wildman–Crippen MR) is 37.8 cm³/mol. The maximum atomic E-state index is 12.7. The minimum absolute atomic E-state index is 0.139. The molecule has 0 spiro atoms. The molecule has 56 valence electrons. The predicted octanol–water partition coefficient (Wildman–Crippen LogP) is 2.06. The molecule has 0 aliphatic heterocycles. The number of hydrogen-bond donors (Lipinski definition) is 1. The molecule has 0 saturated carbocycles. The van der Waals surface area contributed by atoms with Crippen molar-refractivity contribution in [3.05, 3.63) is 28.5 Å². The van der Waals surface area contributed by atoms with Crippen LogP contribution in [0.4, 0.5) is 4.39 Å². The van der Waals surface area contributed by atoms with Crippen molar-refractivity contribution in [1.29, 1.82) is 5.26 Å². The van der Waals surface area contributed by atoms with Crippen LogP contribution in [0.2, 0.25) is 5.02 Å². The Morgan fingerprint density at radius 1 is 1.55 bits per heavy atom. The molecular weight excluding hydrogens is 169 g/mol. The summed E-state index contributed by atoms with van der Waals surface area (Å²) in [6.07, 6.45) is 0. The van der Waals surface area contributed by atoms with Crippen LogP contribution in [-0.4, -0.2) is 5.11 Å². The lowest BCUT2D eigenvalue weighted by Crippen LogP contribution is -1.83. The summed E-state index contributed by atoms with van der Waals surface area (Å²) >= 11 is 5.42. The Morgan fingerprint density at radius 3 is 2.73 bits per heavy atom. The van der Waals surface area contributed by atoms with E-state index in [4.69, 9.17) is 22.0 Å². The van der Waals surface area contributed by atoms with Crippen molar-refractivity contribution >= 4 is 11.6 Å². The van der Waals surface area contributed by atoms with Crippen LogP contribution in [-0.2, 0) is 0 Å². The van der Waals surface area contributed by atoms with Gasteiger partial charge < -0.3 is 5.11 Å². The van der Waals surface area contributed by atoms with Gasteiger partial charge in [-0.05, 0) is 6.07 Å². The number of nitrogens with zero attached hydrogens (tertiary/aromatic N) is 1. The summed E-state index contributed by atoms with van der Waals surface area (Å²) in [6.45, 7) is 0. The van der Waals surface area contributed by atoms with Gasteiger partial charge in [0, 0.05) is 11.1 Å². The van der Waals surface area contributed by atoms with Crippen molar-refractivity contribution in [1.82, 2.24) is 0 Å². The van der Waals surface area contributed by atoms with E-state index in [-0.39, 0.29) is 10.6 Å². The van der Waals surface area contributed by atoms with Crippen LogP contribution in [0, 0.1) is 17.1 Å².